The van der Waals surface area contributed by atoms with Gasteiger partial charge in [-0.2, -0.15) is 4.99 Å². The number of hydrogen-bond donors (Lipinski definition) is 2. The third kappa shape index (κ3) is 6.42. The van der Waals surface area contributed by atoms with Crippen LogP contribution in [-0.4, -0.2) is 35.0 Å². The summed E-state index contributed by atoms with van der Waals surface area (Å²) in [5.41, 5.74) is 11.2. The highest BCUT2D eigenvalue weighted by atomic mass is 19.1. The second-order valence-corrected chi connectivity index (χ2v) is 9.32. The van der Waals surface area contributed by atoms with Gasteiger partial charge in [0.2, 0.25) is 5.91 Å². The van der Waals surface area contributed by atoms with Crippen LogP contribution in [-0.2, 0) is 11.3 Å². The number of carbonyl (C=O) groups is 3. The number of likely N-dealkylation sites (tertiary alicyclic amines) is 1. The van der Waals surface area contributed by atoms with Gasteiger partial charge in [0.05, 0.1) is 5.56 Å². The molecule has 1 aliphatic carbocycles. The number of hydrogen-bond acceptors (Lipinski definition) is 4. The molecule has 2 aromatic carbocycles. The Bertz CT molecular complexity index is 1360. The fraction of sp³-hybridized carbons (Fsp3) is 0.241. The molecule has 4 rings (SSSR count). The van der Waals surface area contributed by atoms with Crippen LogP contribution >= 0.6 is 0 Å². The fourth-order valence-corrected chi connectivity index (χ4v) is 4.54. The van der Waals surface area contributed by atoms with Crippen LogP contribution in [0.2, 0.25) is 0 Å². The van der Waals surface area contributed by atoms with Crippen molar-refractivity contribution in [1.82, 2.24) is 4.90 Å². The highest BCUT2D eigenvalue weighted by Crippen LogP contribution is 2.34. The van der Waals surface area contributed by atoms with E-state index in [1.165, 1.54) is 31.2 Å². The Morgan fingerprint density at radius 3 is 2.58 bits per heavy atom. The Labute approximate surface area is 221 Å². The normalized spacial score (nSPS) is 21.9. The number of benzene rings is 2. The molecule has 1 heterocycles. The molecule has 0 radical (unpaired) electrons. The van der Waals surface area contributed by atoms with Crippen molar-refractivity contribution >= 4 is 23.6 Å². The molecule has 0 saturated carbocycles. The summed E-state index contributed by atoms with van der Waals surface area (Å²) >= 11 is 0. The lowest BCUT2D eigenvalue weighted by Gasteiger charge is -2.22. The maximum atomic E-state index is 14.7. The highest BCUT2D eigenvalue weighted by molar-refractivity contribution is 6.02. The average molecular weight is 519 g/mol. The summed E-state index contributed by atoms with van der Waals surface area (Å²) in [6, 6.07) is 8.54. The molecule has 9 heteroatoms. The van der Waals surface area contributed by atoms with Crippen LogP contribution in [0.1, 0.15) is 47.5 Å². The predicted molar refractivity (Wildman–Crippen MR) is 144 cm³/mol. The third-order valence-electron chi connectivity index (χ3n) is 6.47. The van der Waals surface area contributed by atoms with Crippen molar-refractivity contribution in [1.29, 1.82) is 0 Å². The molecule has 2 aliphatic rings. The lowest BCUT2D eigenvalue weighted by Crippen LogP contribution is -2.26. The zero-order valence-corrected chi connectivity index (χ0v) is 21.0. The molecule has 0 bridgehead atoms. The quantitative estimate of drug-likeness (QED) is 0.412. The van der Waals surface area contributed by atoms with Gasteiger partial charge in [-0.3, -0.25) is 14.4 Å². The molecule has 2 atom stereocenters. The van der Waals surface area contributed by atoms with Crippen molar-refractivity contribution in [3.05, 3.63) is 95.4 Å². The minimum absolute atomic E-state index is 0. The standard InChI is InChI=1S/C29H29FN4O4.H2/c1-18(31)33-29(37)20-9-11-23(12-10-20)38-26-15-24(28(32)36)25(30)13-22(26)17-34-16-21(14-27(34)35)19-7-5-3-2-4-6-8-19;/h2-7,9-13,15,19,21H,8,14,16-17H2,1H3,(H2,32,36)(H2,31,33,37);1H/b3-2-,6-4-,7-5+;/t19?,21-;/m1./s1. The Balaban J connectivity index is 0.00000420. The Morgan fingerprint density at radius 2 is 1.87 bits per heavy atom. The van der Waals surface area contributed by atoms with Crippen molar-refractivity contribution in [2.45, 2.75) is 26.3 Å². The molecule has 38 heavy (non-hydrogen) atoms. The Kier molecular flexibility index (Phi) is 8.15. The van der Waals surface area contributed by atoms with Crippen LogP contribution < -0.4 is 16.2 Å². The number of aliphatic imine (C=N–C) groups is 1. The van der Waals surface area contributed by atoms with E-state index in [1.807, 2.05) is 24.3 Å². The SMILES string of the molecule is CC(N)=NC(=O)c1ccc(Oc2cc(C(N)=O)c(F)cc2CN2C[C@H](C3/C=C/C=C\C=C/C3)CC2=O)cc1.[HH]. The van der Waals surface area contributed by atoms with E-state index in [9.17, 15) is 18.8 Å². The lowest BCUT2D eigenvalue weighted by atomic mass is 9.87. The number of primary amides is 1. The van der Waals surface area contributed by atoms with E-state index >= 15 is 0 Å². The molecule has 1 fully saturated rings. The van der Waals surface area contributed by atoms with Gasteiger partial charge < -0.3 is 21.1 Å². The first kappa shape index (κ1) is 26.5. The number of carbonyl (C=O) groups excluding carboxylic acids is 3. The van der Waals surface area contributed by atoms with Crippen molar-refractivity contribution in [3.63, 3.8) is 0 Å². The summed E-state index contributed by atoms with van der Waals surface area (Å²) in [6.07, 6.45) is 13.3. The molecule has 3 amide bonds. The predicted octanol–water partition coefficient (Wildman–Crippen LogP) is 4.52. The average Bonchev–Trinajstić information content (AvgIpc) is 3.20. The van der Waals surface area contributed by atoms with Crippen LogP contribution in [0.15, 0.2) is 77.8 Å². The van der Waals surface area contributed by atoms with Crippen LogP contribution in [0.5, 0.6) is 11.5 Å². The number of nitrogens with zero attached hydrogens (tertiary/aromatic N) is 2. The van der Waals surface area contributed by atoms with Crippen molar-refractivity contribution in [2.24, 2.45) is 28.3 Å². The van der Waals surface area contributed by atoms with Gasteiger partial charge in [-0.05, 0) is 61.6 Å². The van der Waals surface area contributed by atoms with Gasteiger partial charge in [0.25, 0.3) is 11.8 Å². The van der Waals surface area contributed by atoms with Crippen LogP contribution in [0.4, 0.5) is 4.39 Å². The molecule has 2 aromatic rings. The van der Waals surface area contributed by atoms with E-state index < -0.39 is 17.6 Å². The summed E-state index contributed by atoms with van der Waals surface area (Å²) in [7, 11) is 0. The summed E-state index contributed by atoms with van der Waals surface area (Å²) in [5, 5.41) is 0. The summed E-state index contributed by atoms with van der Waals surface area (Å²) in [4.78, 5) is 42.2. The Hall–Kier alpha value is -4.53. The number of nitrogens with two attached hydrogens (primary N) is 2. The van der Waals surface area contributed by atoms with Gasteiger partial charge in [-0.1, -0.05) is 36.5 Å². The molecule has 1 saturated heterocycles. The summed E-state index contributed by atoms with van der Waals surface area (Å²) in [6.45, 7) is 2.13. The number of rotatable bonds is 7. The smallest absolute Gasteiger partial charge is 0.278 e. The van der Waals surface area contributed by atoms with E-state index in [0.29, 0.717) is 29.8 Å². The van der Waals surface area contributed by atoms with Gasteiger partial charge in [0.1, 0.15) is 23.2 Å². The van der Waals surface area contributed by atoms with Crippen molar-refractivity contribution in [2.75, 3.05) is 6.54 Å². The highest BCUT2D eigenvalue weighted by Gasteiger charge is 2.34. The van der Waals surface area contributed by atoms with E-state index in [4.69, 9.17) is 16.2 Å². The minimum atomic E-state index is -0.939. The molecular weight excluding hydrogens is 487 g/mol. The third-order valence-corrected chi connectivity index (χ3v) is 6.47. The van der Waals surface area contributed by atoms with Crippen molar-refractivity contribution < 1.29 is 24.9 Å². The molecule has 4 N–H and O–H groups in total. The number of ether oxygens (including phenoxy) is 1. The van der Waals surface area contributed by atoms with Crippen LogP contribution in [0, 0.1) is 17.7 Å². The topological polar surface area (TPSA) is 128 Å². The number of amidine groups is 1. The first-order valence-corrected chi connectivity index (χ1v) is 12.2. The molecule has 1 aliphatic heterocycles. The van der Waals surface area contributed by atoms with Gasteiger partial charge in [-0.25, -0.2) is 4.39 Å². The maximum Gasteiger partial charge on any atom is 0.278 e. The monoisotopic (exact) mass is 518 g/mol. The number of allylic oxidation sites excluding steroid dienone is 6. The summed E-state index contributed by atoms with van der Waals surface area (Å²) < 4.78 is 20.7. The largest absolute Gasteiger partial charge is 0.457 e. The van der Waals surface area contributed by atoms with Gasteiger partial charge >= 0.3 is 0 Å². The Morgan fingerprint density at radius 1 is 1.13 bits per heavy atom. The molecule has 198 valence electrons. The first-order valence-electron chi connectivity index (χ1n) is 12.2. The zero-order chi connectivity index (χ0) is 27.2. The van der Waals surface area contributed by atoms with E-state index in [2.05, 4.69) is 17.1 Å². The second-order valence-electron chi connectivity index (χ2n) is 9.32. The van der Waals surface area contributed by atoms with Crippen molar-refractivity contribution in [3.8, 4) is 11.5 Å². The molecule has 8 nitrogen and oxygen atoms in total. The first-order chi connectivity index (χ1) is 18.2. The fourth-order valence-electron chi connectivity index (χ4n) is 4.54. The van der Waals surface area contributed by atoms with Gasteiger partial charge in [0.15, 0.2) is 0 Å². The minimum Gasteiger partial charge on any atom is -0.457 e. The van der Waals surface area contributed by atoms with E-state index in [-0.39, 0.29) is 42.9 Å². The lowest BCUT2D eigenvalue weighted by molar-refractivity contribution is -0.128. The van der Waals surface area contributed by atoms with Crippen LogP contribution in [0.3, 0.4) is 0 Å². The number of amides is 3. The maximum absolute atomic E-state index is 14.7. The molecule has 0 aromatic heterocycles. The van der Waals surface area contributed by atoms with E-state index in [1.54, 1.807) is 17.0 Å². The molecular formula is C29H31FN4O4. The molecule has 0 spiro atoms. The molecule has 1 unspecified atom stereocenters. The zero-order valence-electron chi connectivity index (χ0n) is 21.0. The van der Waals surface area contributed by atoms with Crippen LogP contribution in [0.25, 0.3) is 0 Å². The second kappa shape index (κ2) is 11.7. The summed E-state index contributed by atoms with van der Waals surface area (Å²) in [5.74, 6) is -1.26. The van der Waals surface area contributed by atoms with Gasteiger partial charge in [-0.15, -0.1) is 0 Å². The van der Waals surface area contributed by atoms with Gasteiger partial charge in [0, 0.05) is 32.1 Å². The van der Waals surface area contributed by atoms with E-state index in [0.717, 1.165) is 6.42 Å². The number of halogens is 1.